The summed E-state index contributed by atoms with van der Waals surface area (Å²) in [4.78, 5) is 24.2. The number of benzene rings is 2. The number of carbonyl (C=O) groups is 2. The van der Waals surface area contributed by atoms with E-state index in [1.54, 1.807) is 18.2 Å². The van der Waals surface area contributed by atoms with Gasteiger partial charge in [-0.05, 0) is 44.0 Å². The number of para-hydroxylation sites is 1. The monoisotopic (exact) mass is 366 g/mol. The molecule has 0 unspecified atom stereocenters. The van der Waals surface area contributed by atoms with E-state index in [2.05, 4.69) is 10.6 Å². The fourth-order valence-electron chi connectivity index (χ4n) is 3.53. The molecule has 0 radical (unpaired) electrons. The number of ether oxygens (including phenoxy) is 2. The molecule has 0 bridgehead atoms. The molecule has 0 aliphatic carbocycles. The van der Waals surface area contributed by atoms with Crippen LogP contribution in [-0.2, 0) is 17.6 Å². The largest absolute Gasteiger partial charge is 0.483 e. The Hall–Kier alpha value is -3.02. The molecule has 0 aromatic heterocycles. The third kappa shape index (κ3) is 3.60. The third-order valence-corrected chi connectivity index (χ3v) is 4.73. The van der Waals surface area contributed by atoms with Crippen LogP contribution in [0, 0.1) is 0 Å². The summed E-state index contributed by atoms with van der Waals surface area (Å²) in [5.74, 6) is 0.878. The zero-order valence-corrected chi connectivity index (χ0v) is 15.4. The van der Waals surface area contributed by atoms with Gasteiger partial charge in [-0.2, -0.15) is 0 Å². The molecule has 2 amide bonds. The molecule has 2 heterocycles. The van der Waals surface area contributed by atoms with E-state index in [1.165, 1.54) is 0 Å². The lowest BCUT2D eigenvalue weighted by molar-refractivity contribution is -0.118. The molecule has 2 N–H and O–H groups in total. The molecule has 0 atom stereocenters. The van der Waals surface area contributed by atoms with Crippen molar-refractivity contribution in [3.05, 3.63) is 53.1 Å². The van der Waals surface area contributed by atoms with Gasteiger partial charge in [-0.15, -0.1) is 0 Å². The minimum atomic E-state index is -0.291. The van der Waals surface area contributed by atoms with Crippen molar-refractivity contribution in [2.75, 3.05) is 18.5 Å². The first kappa shape index (κ1) is 17.4. The van der Waals surface area contributed by atoms with E-state index in [0.29, 0.717) is 29.3 Å². The molecule has 0 saturated carbocycles. The van der Waals surface area contributed by atoms with E-state index >= 15 is 0 Å². The van der Waals surface area contributed by atoms with Crippen LogP contribution in [0.25, 0.3) is 0 Å². The van der Waals surface area contributed by atoms with Gasteiger partial charge >= 0.3 is 0 Å². The lowest BCUT2D eigenvalue weighted by atomic mass is 10.00. The Bertz CT molecular complexity index is 920. The summed E-state index contributed by atoms with van der Waals surface area (Å²) >= 11 is 0. The van der Waals surface area contributed by atoms with E-state index in [1.807, 2.05) is 32.0 Å². The van der Waals surface area contributed by atoms with E-state index < -0.39 is 0 Å². The standard InChI is InChI=1S/C21H22N2O4/c1-21(2)11-14-4-3-5-17(19(14)27-21)26-12-18(24)23-15-7-6-13-8-9-22-20(25)16(13)10-15/h3-7,10H,8-9,11-12H2,1-2H3,(H,22,25)(H,23,24). The SMILES string of the molecule is CC1(C)Cc2cccc(OCC(=O)Nc3ccc4c(c3)C(=O)NCC4)c2O1. The van der Waals surface area contributed by atoms with Crippen LogP contribution >= 0.6 is 0 Å². The van der Waals surface area contributed by atoms with Crippen LogP contribution in [0.15, 0.2) is 36.4 Å². The van der Waals surface area contributed by atoms with E-state index in [4.69, 9.17) is 9.47 Å². The molecular weight excluding hydrogens is 344 g/mol. The van der Waals surface area contributed by atoms with Gasteiger partial charge in [-0.1, -0.05) is 18.2 Å². The Labute approximate surface area is 157 Å². The molecule has 2 aromatic carbocycles. The van der Waals surface area contributed by atoms with Crippen LogP contribution in [0.1, 0.15) is 35.3 Å². The highest BCUT2D eigenvalue weighted by Gasteiger charge is 2.32. The van der Waals surface area contributed by atoms with Crippen LogP contribution in [0.2, 0.25) is 0 Å². The fourth-order valence-corrected chi connectivity index (χ4v) is 3.53. The number of hydrogen-bond acceptors (Lipinski definition) is 4. The lowest BCUT2D eigenvalue weighted by Crippen LogP contribution is -2.32. The molecular formula is C21H22N2O4. The topological polar surface area (TPSA) is 76.7 Å². The first-order valence-electron chi connectivity index (χ1n) is 9.06. The van der Waals surface area contributed by atoms with Crippen molar-refractivity contribution in [2.24, 2.45) is 0 Å². The maximum absolute atomic E-state index is 12.3. The predicted octanol–water partition coefficient (Wildman–Crippen LogP) is 2.70. The van der Waals surface area contributed by atoms with Crippen molar-refractivity contribution in [1.29, 1.82) is 0 Å². The number of anilines is 1. The van der Waals surface area contributed by atoms with E-state index in [9.17, 15) is 9.59 Å². The van der Waals surface area contributed by atoms with Crippen molar-refractivity contribution >= 4 is 17.5 Å². The molecule has 0 fully saturated rings. The van der Waals surface area contributed by atoms with Gasteiger partial charge in [-0.25, -0.2) is 0 Å². The highest BCUT2D eigenvalue weighted by atomic mass is 16.5. The Morgan fingerprint density at radius 2 is 2.11 bits per heavy atom. The number of hydrogen-bond donors (Lipinski definition) is 2. The number of rotatable bonds is 4. The summed E-state index contributed by atoms with van der Waals surface area (Å²) in [6.45, 7) is 4.56. The van der Waals surface area contributed by atoms with Crippen molar-refractivity contribution in [3.8, 4) is 11.5 Å². The van der Waals surface area contributed by atoms with Crippen molar-refractivity contribution in [1.82, 2.24) is 5.32 Å². The molecule has 2 aliphatic heterocycles. The Balaban J connectivity index is 1.41. The first-order valence-corrected chi connectivity index (χ1v) is 9.06. The average molecular weight is 366 g/mol. The highest BCUT2D eigenvalue weighted by Crippen LogP contribution is 2.41. The minimum Gasteiger partial charge on any atom is -0.483 e. The highest BCUT2D eigenvalue weighted by molar-refractivity contribution is 5.99. The van der Waals surface area contributed by atoms with Crippen molar-refractivity contribution in [2.45, 2.75) is 32.3 Å². The molecule has 6 nitrogen and oxygen atoms in total. The van der Waals surface area contributed by atoms with Gasteiger partial charge in [-0.3, -0.25) is 9.59 Å². The van der Waals surface area contributed by atoms with Crippen LogP contribution in [-0.4, -0.2) is 30.6 Å². The molecule has 6 heteroatoms. The zero-order valence-electron chi connectivity index (χ0n) is 15.4. The lowest BCUT2D eigenvalue weighted by Gasteiger charge is -2.18. The molecule has 2 aliphatic rings. The number of carbonyl (C=O) groups excluding carboxylic acids is 2. The second-order valence-electron chi connectivity index (χ2n) is 7.50. The van der Waals surface area contributed by atoms with Crippen LogP contribution in [0.4, 0.5) is 5.69 Å². The molecule has 0 spiro atoms. The molecule has 27 heavy (non-hydrogen) atoms. The number of nitrogens with one attached hydrogen (secondary N) is 2. The summed E-state index contributed by atoms with van der Waals surface area (Å²) < 4.78 is 11.6. The van der Waals surface area contributed by atoms with Gasteiger partial charge in [0.15, 0.2) is 18.1 Å². The van der Waals surface area contributed by atoms with E-state index in [-0.39, 0.29) is 24.0 Å². The Kier molecular flexibility index (Phi) is 4.26. The van der Waals surface area contributed by atoms with Gasteiger partial charge in [0, 0.05) is 29.8 Å². The molecule has 140 valence electrons. The summed E-state index contributed by atoms with van der Waals surface area (Å²) in [7, 11) is 0. The van der Waals surface area contributed by atoms with Crippen LogP contribution in [0.3, 0.4) is 0 Å². The average Bonchev–Trinajstić information content (AvgIpc) is 2.95. The molecule has 2 aromatic rings. The van der Waals surface area contributed by atoms with Gasteiger partial charge in [0.25, 0.3) is 11.8 Å². The van der Waals surface area contributed by atoms with Gasteiger partial charge in [0.2, 0.25) is 0 Å². The molecule has 4 rings (SSSR count). The van der Waals surface area contributed by atoms with Gasteiger partial charge < -0.3 is 20.1 Å². The molecule has 0 saturated heterocycles. The summed E-state index contributed by atoms with van der Waals surface area (Å²) in [6, 6.07) is 11.1. The minimum absolute atomic E-state index is 0.108. The van der Waals surface area contributed by atoms with Crippen molar-refractivity contribution < 1.29 is 19.1 Å². The maximum atomic E-state index is 12.3. The zero-order chi connectivity index (χ0) is 19.0. The summed E-state index contributed by atoms with van der Waals surface area (Å²) in [6.07, 6.45) is 1.61. The van der Waals surface area contributed by atoms with Crippen LogP contribution < -0.4 is 20.1 Å². The maximum Gasteiger partial charge on any atom is 0.262 e. The quantitative estimate of drug-likeness (QED) is 0.872. The van der Waals surface area contributed by atoms with Crippen LogP contribution in [0.5, 0.6) is 11.5 Å². The Morgan fingerprint density at radius 3 is 2.96 bits per heavy atom. The number of amides is 2. The third-order valence-electron chi connectivity index (χ3n) is 4.73. The first-order chi connectivity index (χ1) is 12.9. The van der Waals surface area contributed by atoms with Crippen molar-refractivity contribution in [3.63, 3.8) is 0 Å². The summed E-state index contributed by atoms with van der Waals surface area (Å²) in [5.41, 5.74) is 2.99. The van der Waals surface area contributed by atoms with Gasteiger partial charge in [0.1, 0.15) is 5.60 Å². The smallest absolute Gasteiger partial charge is 0.262 e. The fraction of sp³-hybridized carbons (Fsp3) is 0.333. The van der Waals surface area contributed by atoms with Gasteiger partial charge in [0.05, 0.1) is 0 Å². The normalized spacial score (nSPS) is 16.6. The summed E-state index contributed by atoms with van der Waals surface area (Å²) in [5, 5.41) is 5.59. The second kappa shape index (κ2) is 6.61. The number of fused-ring (bicyclic) bond motifs is 2. The predicted molar refractivity (Wildman–Crippen MR) is 101 cm³/mol. The Morgan fingerprint density at radius 1 is 1.26 bits per heavy atom. The van der Waals surface area contributed by atoms with E-state index in [0.717, 1.165) is 24.0 Å². The second-order valence-corrected chi connectivity index (χ2v) is 7.50.